The zero-order valence-electron chi connectivity index (χ0n) is 15.6. The molecule has 0 aliphatic rings. The summed E-state index contributed by atoms with van der Waals surface area (Å²) in [6, 6.07) is 13.6. The van der Waals surface area contributed by atoms with E-state index in [2.05, 4.69) is 30.1 Å². The Kier molecular flexibility index (Phi) is 5.54. The molecule has 5 nitrogen and oxygen atoms in total. The van der Waals surface area contributed by atoms with Crippen molar-refractivity contribution < 1.29 is 13.9 Å². The number of hydrogen-bond donors (Lipinski definition) is 1. The van der Waals surface area contributed by atoms with Gasteiger partial charge in [-0.3, -0.25) is 9.89 Å². The minimum Gasteiger partial charge on any atom is -0.487 e. The van der Waals surface area contributed by atoms with Gasteiger partial charge < -0.3 is 9.64 Å². The Labute approximate surface area is 157 Å². The molecule has 0 bridgehead atoms. The van der Waals surface area contributed by atoms with Gasteiger partial charge in [0.05, 0.1) is 5.69 Å². The van der Waals surface area contributed by atoms with Crippen LogP contribution in [-0.2, 0) is 13.2 Å². The van der Waals surface area contributed by atoms with Crippen LogP contribution in [0.5, 0.6) is 5.75 Å². The van der Waals surface area contributed by atoms with Gasteiger partial charge in [0.25, 0.3) is 5.91 Å². The van der Waals surface area contributed by atoms with Crippen LogP contribution in [0.4, 0.5) is 4.39 Å². The number of aryl methyl sites for hydroxylation is 1. The molecule has 2 aromatic carbocycles. The lowest BCUT2D eigenvalue weighted by Gasteiger charge is -2.18. The lowest BCUT2D eigenvalue weighted by atomic mass is 10.0. The molecular formula is C21H22FN3O2. The predicted molar refractivity (Wildman–Crippen MR) is 101 cm³/mol. The van der Waals surface area contributed by atoms with Crippen molar-refractivity contribution >= 4 is 5.91 Å². The minimum absolute atomic E-state index is 0.171. The van der Waals surface area contributed by atoms with Crippen LogP contribution in [0.25, 0.3) is 0 Å². The third-order valence-electron chi connectivity index (χ3n) is 4.51. The molecule has 27 heavy (non-hydrogen) atoms. The van der Waals surface area contributed by atoms with E-state index in [0.29, 0.717) is 23.7 Å². The summed E-state index contributed by atoms with van der Waals surface area (Å²) in [6.07, 6.45) is 0. The van der Waals surface area contributed by atoms with Crippen LogP contribution >= 0.6 is 0 Å². The number of benzene rings is 2. The van der Waals surface area contributed by atoms with Crippen molar-refractivity contribution in [1.82, 2.24) is 15.1 Å². The van der Waals surface area contributed by atoms with Crippen LogP contribution in [0.15, 0.2) is 48.5 Å². The third kappa shape index (κ3) is 4.53. The van der Waals surface area contributed by atoms with E-state index in [9.17, 15) is 9.18 Å². The fourth-order valence-electron chi connectivity index (χ4n) is 2.77. The van der Waals surface area contributed by atoms with Gasteiger partial charge in [-0.2, -0.15) is 5.10 Å². The van der Waals surface area contributed by atoms with Crippen molar-refractivity contribution in [2.75, 3.05) is 7.05 Å². The van der Waals surface area contributed by atoms with Crippen molar-refractivity contribution in [3.63, 3.8) is 0 Å². The van der Waals surface area contributed by atoms with Crippen LogP contribution in [0.3, 0.4) is 0 Å². The van der Waals surface area contributed by atoms with Crippen molar-refractivity contribution in [2.45, 2.75) is 27.0 Å². The van der Waals surface area contributed by atoms with Gasteiger partial charge in [0.15, 0.2) is 5.69 Å². The van der Waals surface area contributed by atoms with Gasteiger partial charge in [-0.05, 0) is 48.7 Å². The molecular weight excluding hydrogens is 345 g/mol. The number of carbonyl (C=O) groups is 1. The normalized spacial score (nSPS) is 10.7. The van der Waals surface area contributed by atoms with E-state index in [0.717, 1.165) is 5.56 Å². The number of H-pyrrole nitrogens is 1. The molecule has 6 heteroatoms. The average Bonchev–Trinajstić information content (AvgIpc) is 3.12. The molecule has 140 valence electrons. The maximum atomic E-state index is 13.2. The number of nitrogens with zero attached hydrogens (tertiary/aromatic N) is 2. The largest absolute Gasteiger partial charge is 0.487 e. The van der Waals surface area contributed by atoms with E-state index < -0.39 is 0 Å². The summed E-state index contributed by atoms with van der Waals surface area (Å²) >= 11 is 0. The van der Waals surface area contributed by atoms with Gasteiger partial charge in [-0.15, -0.1) is 0 Å². The fraction of sp³-hybridized carbons (Fsp3) is 0.238. The summed E-state index contributed by atoms with van der Waals surface area (Å²) in [5.41, 5.74) is 4.45. The zero-order valence-corrected chi connectivity index (χ0v) is 15.6. The number of rotatable bonds is 6. The topological polar surface area (TPSA) is 58.2 Å². The summed E-state index contributed by atoms with van der Waals surface area (Å²) in [6.45, 7) is 4.79. The van der Waals surface area contributed by atoms with E-state index in [-0.39, 0.29) is 18.3 Å². The molecule has 3 rings (SSSR count). The average molecular weight is 367 g/mol. The molecule has 1 amide bonds. The molecule has 0 spiro atoms. The van der Waals surface area contributed by atoms with Crippen LogP contribution in [0.2, 0.25) is 0 Å². The fourth-order valence-corrected chi connectivity index (χ4v) is 2.77. The first-order valence-corrected chi connectivity index (χ1v) is 8.67. The first-order chi connectivity index (χ1) is 12.9. The Hall–Kier alpha value is -3.15. The second-order valence-electron chi connectivity index (χ2n) is 6.54. The quantitative estimate of drug-likeness (QED) is 0.716. The summed E-state index contributed by atoms with van der Waals surface area (Å²) < 4.78 is 18.7. The van der Waals surface area contributed by atoms with Crippen molar-refractivity contribution in [3.05, 3.63) is 82.4 Å². The maximum Gasteiger partial charge on any atom is 0.274 e. The highest BCUT2D eigenvalue weighted by atomic mass is 19.1. The number of aromatic amines is 1. The molecule has 0 aliphatic carbocycles. The maximum absolute atomic E-state index is 13.2. The summed E-state index contributed by atoms with van der Waals surface area (Å²) in [4.78, 5) is 14.3. The minimum atomic E-state index is -0.360. The van der Waals surface area contributed by atoms with Crippen LogP contribution in [0.1, 0.15) is 32.9 Å². The summed E-state index contributed by atoms with van der Waals surface area (Å²) in [7, 11) is 1.75. The van der Waals surface area contributed by atoms with Gasteiger partial charge in [0.2, 0.25) is 0 Å². The summed E-state index contributed by atoms with van der Waals surface area (Å²) in [5, 5.41) is 6.87. The molecule has 1 aromatic heterocycles. The molecule has 0 atom stereocenters. The number of amides is 1. The van der Waals surface area contributed by atoms with Crippen molar-refractivity contribution in [1.29, 1.82) is 0 Å². The third-order valence-corrected chi connectivity index (χ3v) is 4.51. The first-order valence-electron chi connectivity index (χ1n) is 8.67. The standard InChI is InChI=1S/C21H22FN3O2/c1-14-6-4-7-16(15(14)2)12-25(3)21(26)20-11-18(23-24-20)13-27-19-9-5-8-17(22)10-19/h4-11H,12-13H2,1-3H3,(H,23,24). The van der Waals surface area contributed by atoms with E-state index in [4.69, 9.17) is 4.74 Å². The Morgan fingerprint density at radius 3 is 2.74 bits per heavy atom. The molecule has 1 N–H and O–H groups in total. The highest BCUT2D eigenvalue weighted by Crippen LogP contribution is 2.16. The monoisotopic (exact) mass is 367 g/mol. The second-order valence-corrected chi connectivity index (χ2v) is 6.54. The van der Waals surface area contributed by atoms with Crippen LogP contribution < -0.4 is 4.74 Å². The van der Waals surface area contributed by atoms with Crippen LogP contribution in [0, 0.1) is 19.7 Å². The number of carbonyl (C=O) groups excluding carboxylic acids is 1. The Balaban J connectivity index is 1.63. The molecule has 0 aliphatic heterocycles. The first kappa shape index (κ1) is 18.6. The van der Waals surface area contributed by atoms with Crippen molar-refractivity contribution in [2.24, 2.45) is 0 Å². The van der Waals surface area contributed by atoms with E-state index in [1.54, 1.807) is 30.1 Å². The number of aromatic nitrogens is 2. The molecule has 3 aromatic rings. The van der Waals surface area contributed by atoms with Crippen molar-refractivity contribution in [3.8, 4) is 5.75 Å². The Bertz CT molecular complexity index is 952. The molecule has 0 saturated carbocycles. The number of nitrogens with one attached hydrogen (secondary N) is 1. The van der Waals surface area contributed by atoms with Crippen LogP contribution in [-0.4, -0.2) is 28.1 Å². The number of halogens is 1. The summed E-state index contributed by atoms with van der Waals surface area (Å²) in [5.74, 6) is -0.116. The smallest absolute Gasteiger partial charge is 0.274 e. The van der Waals surface area contributed by atoms with Gasteiger partial charge in [-0.25, -0.2) is 4.39 Å². The Morgan fingerprint density at radius 1 is 1.19 bits per heavy atom. The highest BCUT2D eigenvalue weighted by molar-refractivity contribution is 5.92. The zero-order chi connectivity index (χ0) is 19.4. The molecule has 1 heterocycles. The molecule has 0 radical (unpaired) electrons. The van der Waals surface area contributed by atoms with Gasteiger partial charge in [0, 0.05) is 19.7 Å². The Morgan fingerprint density at radius 2 is 1.96 bits per heavy atom. The lowest BCUT2D eigenvalue weighted by molar-refractivity contribution is 0.0779. The van der Waals surface area contributed by atoms with Gasteiger partial charge >= 0.3 is 0 Å². The van der Waals surface area contributed by atoms with Gasteiger partial charge in [-0.1, -0.05) is 24.3 Å². The second kappa shape index (κ2) is 8.03. The highest BCUT2D eigenvalue weighted by Gasteiger charge is 2.17. The van der Waals surface area contributed by atoms with E-state index >= 15 is 0 Å². The van der Waals surface area contributed by atoms with E-state index in [1.807, 2.05) is 12.1 Å². The molecule has 0 fully saturated rings. The number of hydrogen-bond acceptors (Lipinski definition) is 3. The van der Waals surface area contributed by atoms with E-state index in [1.165, 1.54) is 23.3 Å². The predicted octanol–water partition coefficient (Wildman–Crippen LogP) is 4.02. The molecule has 0 saturated heterocycles. The number of ether oxygens (including phenoxy) is 1. The van der Waals surface area contributed by atoms with Gasteiger partial charge in [0.1, 0.15) is 18.2 Å². The lowest BCUT2D eigenvalue weighted by Crippen LogP contribution is -2.27. The SMILES string of the molecule is Cc1cccc(CN(C)C(=O)c2cc(COc3cccc(F)c3)[nH]n2)c1C. The molecule has 0 unspecified atom stereocenters.